The van der Waals surface area contributed by atoms with Gasteiger partial charge in [-0.25, -0.2) is 14.4 Å². The molecule has 2 aromatic carbocycles. The molecule has 0 aliphatic rings. The molecule has 11 nitrogen and oxygen atoms in total. The maximum Gasteiger partial charge on any atom is 0.326 e. The van der Waals surface area contributed by atoms with Crippen molar-refractivity contribution in [2.24, 2.45) is 11.3 Å². The topological polar surface area (TPSA) is 174 Å². The number of hydrogen-bond donors (Lipinski definition) is 6. The molecule has 6 N–H and O–H groups in total. The number of carboxylic acids is 2. The second kappa shape index (κ2) is 17.0. The summed E-state index contributed by atoms with van der Waals surface area (Å²) in [5.74, 6) is -3.57. The molecule has 0 spiro atoms. The zero-order valence-corrected chi connectivity index (χ0v) is 26.2. The number of benzene rings is 2. The van der Waals surface area contributed by atoms with Crippen molar-refractivity contribution in [2.75, 3.05) is 10.6 Å². The Bertz CT molecular complexity index is 1260. The summed E-state index contributed by atoms with van der Waals surface area (Å²) in [6.45, 7) is 9.59. The molecule has 44 heavy (non-hydrogen) atoms. The quantitative estimate of drug-likeness (QED) is 0.134. The minimum atomic E-state index is -1.18. The molecule has 0 aromatic heterocycles. The molecule has 0 saturated carbocycles. The van der Waals surface area contributed by atoms with Crippen LogP contribution in [0.25, 0.3) is 0 Å². The lowest BCUT2D eigenvalue weighted by atomic mass is 9.89. The molecule has 0 saturated heterocycles. The van der Waals surface area contributed by atoms with Gasteiger partial charge in [-0.2, -0.15) is 0 Å². The predicted octanol–water partition coefficient (Wildman–Crippen LogP) is 5.60. The number of amides is 4. The maximum absolute atomic E-state index is 13.3. The normalized spacial score (nSPS) is 13.3. The molecule has 0 fully saturated rings. The van der Waals surface area contributed by atoms with E-state index in [9.17, 15) is 34.2 Å². The smallest absolute Gasteiger partial charge is 0.326 e. The number of anilines is 2. The van der Waals surface area contributed by atoms with Gasteiger partial charge in [0.25, 0.3) is 0 Å². The first-order valence-corrected chi connectivity index (χ1v) is 14.9. The van der Waals surface area contributed by atoms with Gasteiger partial charge in [-0.15, -0.1) is 0 Å². The molecule has 0 aliphatic heterocycles. The minimum absolute atomic E-state index is 0.108. The van der Waals surface area contributed by atoms with Crippen LogP contribution in [0.2, 0.25) is 0 Å². The first-order valence-electron chi connectivity index (χ1n) is 14.9. The molecular formula is C33H46N4O7. The summed E-state index contributed by atoms with van der Waals surface area (Å²) in [6.07, 6.45) is 1.62. The van der Waals surface area contributed by atoms with Crippen LogP contribution in [0.3, 0.4) is 0 Å². The van der Waals surface area contributed by atoms with E-state index in [1.807, 2.05) is 52.8 Å². The van der Waals surface area contributed by atoms with E-state index < -0.39 is 41.9 Å². The minimum Gasteiger partial charge on any atom is -0.480 e. The monoisotopic (exact) mass is 610 g/mol. The number of para-hydroxylation sites is 1. The Morgan fingerprint density at radius 1 is 0.727 bits per heavy atom. The summed E-state index contributed by atoms with van der Waals surface area (Å²) in [6, 6.07) is 13.2. The Kier molecular flexibility index (Phi) is 13.8. The maximum atomic E-state index is 13.3. The molecule has 2 aromatic rings. The molecule has 3 atom stereocenters. The van der Waals surface area contributed by atoms with Gasteiger partial charge in [0, 0.05) is 17.8 Å². The van der Waals surface area contributed by atoms with E-state index in [1.54, 1.807) is 36.4 Å². The Hall–Kier alpha value is -4.41. The third-order valence-electron chi connectivity index (χ3n) is 6.80. The van der Waals surface area contributed by atoms with E-state index in [0.29, 0.717) is 36.2 Å². The van der Waals surface area contributed by atoms with Gasteiger partial charge >= 0.3 is 18.0 Å². The average Bonchev–Trinajstić information content (AvgIpc) is 2.92. The highest BCUT2D eigenvalue weighted by atomic mass is 16.4. The average molecular weight is 611 g/mol. The Labute approximate surface area is 259 Å². The van der Waals surface area contributed by atoms with E-state index in [2.05, 4.69) is 21.3 Å². The van der Waals surface area contributed by atoms with Crippen LogP contribution in [-0.2, 0) is 19.2 Å². The Morgan fingerprint density at radius 3 is 1.70 bits per heavy atom. The molecule has 0 bridgehead atoms. The van der Waals surface area contributed by atoms with Crippen LogP contribution in [0.4, 0.5) is 16.2 Å². The van der Waals surface area contributed by atoms with Crippen molar-refractivity contribution in [3.63, 3.8) is 0 Å². The number of carbonyl (C=O) groups excluding carboxylic acids is 3. The molecule has 0 heterocycles. The SMILES string of the molecule is CC(C)CC(C(=O)NC(CCCCC(NC(=O)CC(C)(C)C)C(=O)O)C(=O)O)c1ccc(NC(=O)Nc2ccccc2)cc1. The van der Waals surface area contributed by atoms with E-state index in [0.717, 1.165) is 0 Å². The number of hydrogen-bond acceptors (Lipinski definition) is 5. The molecule has 240 valence electrons. The fourth-order valence-electron chi connectivity index (χ4n) is 4.69. The van der Waals surface area contributed by atoms with Crippen LogP contribution in [0, 0.1) is 11.3 Å². The van der Waals surface area contributed by atoms with Gasteiger partial charge in [-0.05, 0) is 60.4 Å². The van der Waals surface area contributed by atoms with Crippen molar-refractivity contribution >= 4 is 41.2 Å². The lowest BCUT2D eigenvalue weighted by molar-refractivity contribution is -0.143. The van der Waals surface area contributed by atoms with Gasteiger partial charge < -0.3 is 31.5 Å². The van der Waals surface area contributed by atoms with Gasteiger partial charge in [0.15, 0.2) is 0 Å². The highest BCUT2D eigenvalue weighted by Gasteiger charge is 2.28. The summed E-state index contributed by atoms with van der Waals surface area (Å²) in [4.78, 5) is 61.5. The number of urea groups is 1. The van der Waals surface area contributed by atoms with Crippen molar-refractivity contribution in [3.05, 3.63) is 60.2 Å². The third kappa shape index (κ3) is 13.3. The van der Waals surface area contributed by atoms with Gasteiger partial charge in [-0.3, -0.25) is 9.59 Å². The van der Waals surface area contributed by atoms with Crippen LogP contribution in [-0.4, -0.2) is 52.1 Å². The van der Waals surface area contributed by atoms with Crippen molar-refractivity contribution in [3.8, 4) is 0 Å². The van der Waals surface area contributed by atoms with Crippen LogP contribution >= 0.6 is 0 Å². The fourth-order valence-corrected chi connectivity index (χ4v) is 4.69. The first kappa shape index (κ1) is 35.8. The highest BCUT2D eigenvalue weighted by molar-refractivity contribution is 5.99. The standard InChI is InChI=1S/C33H46N4O7/c1-21(2)19-25(22-15-17-24(18-16-22)35-32(44)34-23-11-7-6-8-12-23)29(39)37-27(31(42)43)14-10-9-13-26(30(40)41)36-28(38)20-33(3,4)5/h6-8,11-12,15-18,21,25-27H,9-10,13-14,19-20H2,1-5H3,(H,36,38)(H,37,39)(H,40,41)(H,42,43)(H2,34,35,44). The first-order chi connectivity index (χ1) is 20.6. The summed E-state index contributed by atoms with van der Waals surface area (Å²) in [5.41, 5.74) is 1.58. The van der Waals surface area contributed by atoms with Crippen LogP contribution in [0.5, 0.6) is 0 Å². The summed E-state index contributed by atoms with van der Waals surface area (Å²) >= 11 is 0. The van der Waals surface area contributed by atoms with E-state index in [1.165, 1.54) is 0 Å². The molecule has 4 amide bonds. The molecule has 0 aliphatic carbocycles. The second-order valence-electron chi connectivity index (χ2n) is 12.6. The zero-order chi connectivity index (χ0) is 32.9. The highest BCUT2D eigenvalue weighted by Crippen LogP contribution is 2.26. The second-order valence-corrected chi connectivity index (χ2v) is 12.6. The van der Waals surface area contributed by atoms with Crippen molar-refractivity contribution in [1.29, 1.82) is 0 Å². The Balaban J connectivity index is 1.98. The van der Waals surface area contributed by atoms with Gasteiger partial charge in [0.05, 0.1) is 5.92 Å². The molecule has 0 radical (unpaired) electrons. The number of unbranched alkanes of at least 4 members (excludes halogenated alkanes) is 1. The predicted molar refractivity (Wildman–Crippen MR) is 169 cm³/mol. The van der Waals surface area contributed by atoms with E-state index >= 15 is 0 Å². The lowest BCUT2D eigenvalue weighted by Crippen LogP contribution is -2.43. The zero-order valence-electron chi connectivity index (χ0n) is 26.2. The number of rotatable bonds is 16. The lowest BCUT2D eigenvalue weighted by Gasteiger charge is -2.23. The van der Waals surface area contributed by atoms with Crippen LogP contribution in [0.1, 0.15) is 84.6 Å². The number of nitrogens with one attached hydrogen (secondary N) is 4. The van der Waals surface area contributed by atoms with Gasteiger partial charge in [0.1, 0.15) is 12.1 Å². The summed E-state index contributed by atoms with van der Waals surface area (Å²) in [7, 11) is 0. The summed E-state index contributed by atoms with van der Waals surface area (Å²) < 4.78 is 0. The van der Waals surface area contributed by atoms with E-state index in [4.69, 9.17) is 0 Å². The van der Waals surface area contributed by atoms with Crippen molar-refractivity contribution < 1.29 is 34.2 Å². The Morgan fingerprint density at radius 2 is 1.23 bits per heavy atom. The van der Waals surface area contributed by atoms with Crippen molar-refractivity contribution in [2.45, 2.75) is 91.1 Å². The van der Waals surface area contributed by atoms with Gasteiger partial charge in [0.2, 0.25) is 11.8 Å². The molecular weight excluding hydrogens is 564 g/mol. The molecule has 3 unspecified atom stereocenters. The third-order valence-corrected chi connectivity index (χ3v) is 6.80. The molecule has 2 rings (SSSR count). The number of carbonyl (C=O) groups is 5. The van der Waals surface area contributed by atoms with Crippen LogP contribution < -0.4 is 21.3 Å². The fraction of sp³-hybridized carbons (Fsp3) is 0.485. The van der Waals surface area contributed by atoms with E-state index in [-0.39, 0.29) is 36.5 Å². The summed E-state index contributed by atoms with van der Waals surface area (Å²) in [5, 5.41) is 30.0. The van der Waals surface area contributed by atoms with Crippen LogP contribution in [0.15, 0.2) is 54.6 Å². The largest absolute Gasteiger partial charge is 0.480 e. The van der Waals surface area contributed by atoms with Gasteiger partial charge in [-0.1, -0.05) is 77.8 Å². The number of aliphatic carboxylic acids is 2. The molecule has 11 heteroatoms. The van der Waals surface area contributed by atoms with Crippen molar-refractivity contribution in [1.82, 2.24) is 10.6 Å². The number of carboxylic acid groups (broad SMARTS) is 2.